The van der Waals surface area contributed by atoms with E-state index in [-0.39, 0.29) is 24.0 Å². The molecule has 19 heavy (non-hydrogen) atoms. The number of rotatable bonds is 4. The molecule has 2 aromatic rings. The predicted octanol–water partition coefficient (Wildman–Crippen LogP) is 3.02. The molecule has 1 amide bonds. The van der Waals surface area contributed by atoms with Crippen molar-refractivity contribution < 1.29 is 13.6 Å². The quantitative estimate of drug-likeness (QED) is 0.889. The molecule has 0 atom stereocenters. The Morgan fingerprint density at radius 1 is 1.00 bits per heavy atom. The topological polar surface area (TPSA) is 41.1 Å². The SMILES string of the molecule is O=C(CNc1ccccc1F)Nc1ccc(F)cc1. The molecule has 0 heterocycles. The van der Waals surface area contributed by atoms with Crippen molar-refractivity contribution in [1.82, 2.24) is 0 Å². The van der Waals surface area contributed by atoms with Gasteiger partial charge in [-0.25, -0.2) is 8.78 Å². The largest absolute Gasteiger partial charge is 0.374 e. The highest BCUT2D eigenvalue weighted by atomic mass is 19.1. The average Bonchev–Trinajstić information content (AvgIpc) is 2.40. The predicted molar refractivity (Wildman–Crippen MR) is 69.9 cm³/mol. The minimum absolute atomic E-state index is 0.0711. The first kappa shape index (κ1) is 13.0. The molecule has 0 aliphatic carbocycles. The number of hydrogen-bond acceptors (Lipinski definition) is 2. The zero-order valence-electron chi connectivity index (χ0n) is 9.99. The van der Waals surface area contributed by atoms with Gasteiger partial charge in [0.25, 0.3) is 0 Å². The fraction of sp³-hybridized carbons (Fsp3) is 0.0714. The van der Waals surface area contributed by atoms with Gasteiger partial charge >= 0.3 is 0 Å². The summed E-state index contributed by atoms with van der Waals surface area (Å²) < 4.78 is 25.9. The lowest BCUT2D eigenvalue weighted by Gasteiger charge is -2.08. The summed E-state index contributed by atoms with van der Waals surface area (Å²) >= 11 is 0. The summed E-state index contributed by atoms with van der Waals surface area (Å²) in [5, 5.41) is 5.25. The van der Waals surface area contributed by atoms with Crippen molar-refractivity contribution in [1.29, 1.82) is 0 Å². The lowest BCUT2D eigenvalue weighted by molar-refractivity contribution is -0.114. The maximum Gasteiger partial charge on any atom is 0.243 e. The van der Waals surface area contributed by atoms with Gasteiger partial charge in [-0.3, -0.25) is 4.79 Å². The normalized spacial score (nSPS) is 10.0. The second-order valence-corrected chi connectivity index (χ2v) is 3.89. The monoisotopic (exact) mass is 262 g/mol. The van der Waals surface area contributed by atoms with E-state index in [4.69, 9.17) is 0 Å². The molecule has 2 aromatic carbocycles. The van der Waals surface area contributed by atoms with Gasteiger partial charge in [-0.15, -0.1) is 0 Å². The van der Waals surface area contributed by atoms with Gasteiger partial charge in [0.15, 0.2) is 0 Å². The zero-order chi connectivity index (χ0) is 13.7. The van der Waals surface area contributed by atoms with Crippen molar-refractivity contribution in [2.24, 2.45) is 0 Å². The van der Waals surface area contributed by atoms with Crippen LogP contribution in [0.4, 0.5) is 20.2 Å². The highest BCUT2D eigenvalue weighted by Gasteiger charge is 2.04. The minimum atomic E-state index is -0.419. The summed E-state index contributed by atoms with van der Waals surface area (Å²) in [6.45, 7) is -0.0711. The van der Waals surface area contributed by atoms with E-state index in [1.807, 2.05) is 0 Å². The highest BCUT2D eigenvalue weighted by Crippen LogP contribution is 2.12. The molecule has 0 saturated heterocycles. The third-order valence-corrected chi connectivity index (χ3v) is 2.44. The van der Waals surface area contributed by atoms with Crippen LogP contribution in [0.5, 0.6) is 0 Å². The number of nitrogens with one attached hydrogen (secondary N) is 2. The molecule has 0 spiro atoms. The Hall–Kier alpha value is -2.43. The molecule has 2 N–H and O–H groups in total. The van der Waals surface area contributed by atoms with Crippen LogP contribution < -0.4 is 10.6 Å². The van der Waals surface area contributed by atoms with E-state index < -0.39 is 5.82 Å². The average molecular weight is 262 g/mol. The Kier molecular flexibility index (Phi) is 4.07. The number of hydrogen-bond donors (Lipinski definition) is 2. The van der Waals surface area contributed by atoms with E-state index in [1.54, 1.807) is 18.2 Å². The summed E-state index contributed by atoms with van der Waals surface area (Å²) in [6.07, 6.45) is 0. The van der Waals surface area contributed by atoms with Crippen molar-refractivity contribution in [3.8, 4) is 0 Å². The molecular formula is C14H12F2N2O. The molecule has 3 nitrogen and oxygen atoms in total. The van der Waals surface area contributed by atoms with Gasteiger partial charge in [0, 0.05) is 5.69 Å². The van der Waals surface area contributed by atoms with Crippen LogP contribution in [0.25, 0.3) is 0 Å². The summed E-state index contributed by atoms with van der Waals surface area (Å²) in [6, 6.07) is 11.5. The summed E-state index contributed by atoms with van der Waals surface area (Å²) in [4.78, 5) is 11.6. The van der Waals surface area contributed by atoms with Gasteiger partial charge < -0.3 is 10.6 Å². The van der Waals surface area contributed by atoms with Gasteiger partial charge in [0.1, 0.15) is 11.6 Å². The van der Waals surface area contributed by atoms with E-state index in [1.165, 1.54) is 30.3 Å². The Bertz CT molecular complexity index is 570. The summed E-state index contributed by atoms with van der Waals surface area (Å²) in [5.41, 5.74) is 0.749. The van der Waals surface area contributed by atoms with Crippen LogP contribution >= 0.6 is 0 Å². The van der Waals surface area contributed by atoms with Crippen LogP contribution in [0.1, 0.15) is 0 Å². The van der Waals surface area contributed by atoms with E-state index in [2.05, 4.69) is 10.6 Å². The third-order valence-electron chi connectivity index (χ3n) is 2.44. The van der Waals surface area contributed by atoms with Crippen molar-refractivity contribution in [3.05, 3.63) is 60.2 Å². The van der Waals surface area contributed by atoms with E-state index in [0.29, 0.717) is 5.69 Å². The first-order valence-electron chi connectivity index (χ1n) is 5.69. The Labute approximate surface area is 109 Å². The summed E-state index contributed by atoms with van der Waals surface area (Å²) in [5.74, 6) is -1.13. The van der Waals surface area contributed by atoms with Crippen molar-refractivity contribution in [3.63, 3.8) is 0 Å². The molecule has 0 aromatic heterocycles. The number of carbonyl (C=O) groups excluding carboxylic acids is 1. The van der Waals surface area contributed by atoms with Crippen molar-refractivity contribution >= 4 is 17.3 Å². The summed E-state index contributed by atoms with van der Waals surface area (Å²) in [7, 11) is 0. The van der Waals surface area contributed by atoms with Gasteiger partial charge in [0.05, 0.1) is 12.2 Å². The third kappa shape index (κ3) is 3.77. The zero-order valence-corrected chi connectivity index (χ0v) is 9.99. The van der Waals surface area contributed by atoms with E-state index >= 15 is 0 Å². The number of benzene rings is 2. The number of para-hydroxylation sites is 1. The lowest BCUT2D eigenvalue weighted by atomic mass is 10.3. The van der Waals surface area contributed by atoms with Gasteiger partial charge in [-0.2, -0.15) is 0 Å². The van der Waals surface area contributed by atoms with Crippen LogP contribution in [-0.4, -0.2) is 12.5 Å². The molecule has 0 radical (unpaired) electrons. The molecule has 0 aliphatic heterocycles. The van der Waals surface area contributed by atoms with Crippen molar-refractivity contribution in [2.75, 3.05) is 17.2 Å². The second kappa shape index (κ2) is 5.95. The van der Waals surface area contributed by atoms with Gasteiger partial charge in [-0.05, 0) is 36.4 Å². The van der Waals surface area contributed by atoms with Crippen LogP contribution in [0, 0.1) is 11.6 Å². The fourth-order valence-corrected chi connectivity index (χ4v) is 1.52. The smallest absolute Gasteiger partial charge is 0.243 e. The molecule has 0 aliphatic rings. The Balaban J connectivity index is 1.88. The van der Waals surface area contributed by atoms with E-state index in [9.17, 15) is 13.6 Å². The molecule has 2 rings (SSSR count). The molecule has 0 bridgehead atoms. The van der Waals surface area contributed by atoms with Crippen LogP contribution in [-0.2, 0) is 4.79 Å². The lowest BCUT2D eigenvalue weighted by Crippen LogP contribution is -2.22. The Morgan fingerprint density at radius 3 is 2.37 bits per heavy atom. The molecule has 98 valence electrons. The maximum absolute atomic E-state index is 13.3. The van der Waals surface area contributed by atoms with Crippen LogP contribution in [0.3, 0.4) is 0 Å². The number of anilines is 2. The van der Waals surface area contributed by atoms with E-state index in [0.717, 1.165) is 0 Å². The standard InChI is InChI=1S/C14H12F2N2O/c15-10-5-7-11(8-6-10)18-14(19)9-17-13-4-2-1-3-12(13)16/h1-8,17H,9H2,(H,18,19). The first-order valence-corrected chi connectivity index (χ1v) is 5.69. The molecule has 0 unspecified atom stereocenters. The Morgan fingerprint density at radius 2 is 1.68 bits per heavy atom. The number of carbonyl (C=O) groups is 1. The molecule has 0 saturated carbocycles. The number of halogens is 2. The molecule has 5 heteroatoms. The molecule has 0 fully saturated rings. The fourth-order valence-electron chi connectivity index (χ4n) is 1.52. The number of amides is 1. The molecular weight excluding hydrogens is 250 g/mol. The maximum atomic E-state index is 13.3. The van der Waals surface area contributed by atoms with Crippen molar-refractivity contribution in [2.45, 2.75) is 0 Å². The van der Waals surface area contributed by atoms with Gasteiger partial charge in [-0.1, -0.05) is 12.1 Å². The van der Waals surface area contributed by atoms with Crippen LogP contribution in [0.2, 0.25) is 0 Å². The minimum Gasteiger partial charge on any atom is -0.374 e. The van der Waals surface area contributed by atoms with Crippen LogP contribution in [0.15, 0.2) is 48.5 Å². The highest BCUT2D eigenvalue weighted by molar-refractivity contribution is 5.93. The first-order chi connectivity index (χ1) is 9.15. The second-order valence-electron chi connectivity index (χ2n) is 3.89. The van der Waals surface area contributed by atoms with Gasteiger partial charge in [0.2, 0.25) is 5.91 Å².